The normalized spacial score (nSPS) is 14.9. The summed E-state index contributed by atoms with van der Waals surface area (Å²) in [6.07, 6.45) is 5.26. The largest absolute Gasteiger partial charge is 0.388 e. The summed E-state index contributed by atoms with van der Waals surface area (Å²) in [6, 6.07) is 12.9. The third-order valence-electron chi connectivity index (χ3n) is 6.65. The minimum Gasteiger partial charge on any atom is -0.388 e. The van der Waals surface area contributed by atoms with Crippen LogP contribution >= 0.6 is 0 Å². The summed E-state index contributed by atoms with van der Waals surface area (Å²) in [5.74, 6) is 0. The van der Waals surface area contributed by atoms with E-state index in [1.165, 1.54) is 22.0 Å². The van der Waals surface area contributed by atoms with Crippen LogP contribution in [0.3, 0.4) is 0 Å². The number of nitrogens with zero attached hydrogens (tertiary/aromatic N) is 8. The summed E-state index contributed by atoms with van der Waals surface area (Å²) < 4.78 is 2.95. The van der Waals surface area contributed by atoms with Crippen LogP contribution in [0.4, 0.5) is 4.79 Å². The SMILES string of the molecule is CN(C)C(=O)N1CCC(O)(Cn2cnc3c(cnn3-c3ccc(-c4cccc(C#N)c4)nc3)c2=O)CC1. The van der Waals surface area contributed by atoms with Gasteiger partial charge in [0.05, 0.1) is 47.6 Å². The number of piperidine rings is 1. The Bertz CT molecular complexity index is 1560. The van der Waals surface area contributed by atoms with Gasteiger partial charge in [-0.15, -0.1) is 0 Å². The molecule has 11 nitrogen and oxygen atoms in total. The third-order valence-corrected chi connectivity index (χ3v) is 6.65. The number of carbonyl (C=O) groups excluding carboxylic acids is 1. The number of aliphatic hydroxyl groups is 1. The van der Waals surface area contributed by atoms with E-state index in [-0.39, 0.29) is 18.1 Å². The molecule has 0 bridgehead atoms. The smallest absolute Gasteiger partial charge is 0.319 e. The molecule has 37 heavy (non-hydrogen) atoms. The molecule has 4 heterocycles. The number of aromatic nitrogens is 5. The quantitative estimate of drug-likeness (QED) is 0.455. The van der Waals surface area contributed by atoms with E-state index in [4.69, 9.17) is 5.26 Å². The van der Waals surface area contributed by atoms with Crippen LogP contribution in [0.15, 0.2) is 59.9 Å². The van der Waals surface area contributed by atoms with Crippen molar-refractivity contribution in [3.05, 3.63) is 71.0 Å². The first-order valence-corrected chi connectivity index (χ1v) is 11.9. The van der Waals surface area contributed by atoms with Gasteiger partial charge in [-0.3, -0.25) is 14.3 Å². The number of carbonyl (C=O) groups is 1. The molecule has 11 heteroatoms. The van der Waals surface area contributed by atoms with Crippen molar-refractivity contribution in [3.8, 4) is 23.0 Å². The van der Waals surface area contributed by atoms with Gasteiger partial charge in [0, 0.05) is 32.7 Å². The molecule has 2 amide bonds. The van der Waals surface area contributed by atoms with Gasteiger partial charge in [-0.2, -0.15) is 10.4 Å². The standard InChI is InChI=1S/C26H26N8O3/c1-31(2)25(36)32-10-8-26(37,9-11-32)16-33-17-29-23-21(24(33)35)15-30-34(23)20-6-7-22(28-14-20)19-5-3-4-18(12-19)13-27/h3-7,12,14-15,17,37H,8-11,16H2,1-2H3. The van der Waals surface area contributed by atoms with Gasteiger partial charge in [-0.1, -0.05) is 12.1 Å². The number of amides is 2. The maximum Gasteiger partial charge on any atom is 0.319 e. The average molecular weight is 499 g/mol. The van der Waals surface area contributed by atoms with E-state index < -0.39 is 5.60 Å². The highest BCUT2D eigenvalue weighted by Gasteiger charge is 2.35. The lowest BCUT2D eigenvalue weighted by Crippen LogP contribution is -2.51. The molecule has 0 spiro atoms. The molecule has 1 saturated heterocycles. The topological polar surface area (TPSA) is 133 Å². The molecule has 3 aromatic heterocycles. The molecule has 188 valence electrons. The summed E-state index contributed by atoms with van der Waals surface area (Å²) in [7, 11) is 3.39. The lowest BCUT2D eigenvalue weighted by molar-refractivity contribution is -0.0282. The number of pyridine rings is 1. The highest BCUT2D eigenvalue weighted by atomic mass is 16.3. The second-order valence-electron chi connectivity index (χ2n) is 9.45. The van der Waals surface area contributed by atoms with E-state index in [1.54, 1.807) is 42.0 Å². The predicted octanol–water partition coefficient (Wildman–Crippen LogP) is 2.02. The summed E-state index contributed by atoms with van der Waals surface area (Å²) in [5, 5.41) is 24.9. The van der Waals surface area contributed by atoms with Crippen LogP contribution in [0.5, 0.6) is 0 Å². The molecule has 0 aliphatic carbocycles. The van der Waals surface area contributed by atoms with Gasteiger partial charge in [-0.05, 0) is 37.1 Å². The van der Waals surface area contributed by atoms with Crippen LogP contribution in [-0.4, -0.2) is 78.0 Å². The zero-order chi connectivity index (χ0) is 26.2. The zero-order valence-corrected chi connectivity index (χ0v) is 20.6. The maximum absolute atomic E-state index is 13.2. The van der Waals surface area contributed by atoms with Crippen LogP contribution in [0.1, 0.15) is 18.4 Å². The average Bonchev–Trinajstić information content (AvgIpc) is 3.35. The van der Waals surface area contributed by atoms with Crippen molar-refractivity contribution < 1.29 is 9.90 Å². The molecule has 0 radical (unpaired) electrons. The third kappa shape index (κ3) is 4.66. The second kappa shape index (κ2) is 9.48. The summed E-state index contributed by atoms with van der Waals surface area (Å²) in [4.78, 5) is 37.5. The molecule has 0 unspecified atom stereocenters. The summed E-state index contributed by atoms with van der Waals surface area (Å²) in [6.45, 7) is 0.918. The van der Waals surface area contributed by atoms with Crippen LogP contribution in [0.2, 0.25) is 0 Å². The van der Waals surface area contributed by atoms with Crippen LogP contribution in [0.25, 0.3) is 28.0 Å². The molecule has 1 aliphatic rings. The van der Waals surface area contributed by atoms with Crippen LogP contribution in [-0.2, 0) is 6.54 Å². The van der Waals surface area contributed by atoms with Gasteiger partial charge < -0.3 is 14.9 Å². The van der Waals surface area contributed by atoms with Gasteiger partial charge >= 0.3 is 6.03 Å². The van der Waals surface area contributed by atoms with E-state index in [2.05, 4.69) is 21.1 Å². The van der Waals surface area contributed by atoms with Crippen LogP contribution in [0, 0.1) is 11.3 Å². The second-order valence-corrected chi connectivity index (χ2v) is 9.45. The lowest BCUT2D eigenvalue weighted by Gasteiger charge is -2.39. The van der Waals surface area contributed by atoms with Crippen LogP contribution < -0.4 is 5.56 Å². The Labute approximate surface area is 212 Å². The number of urea groups is 1. The maximum atomic E-state index is 13.2. The minimum atomic E-state index is -1.11. The number of hydrogen-bond donors (Lipinski definition) is 1. The molecule has 1 N–H and O–H groups in total. The molecule has 4 aromatic rings. The first kappa shape index (κ1) is 24.1. The van der Waals surface area contributed by atoms with Gasteiger partial charge in [-0.25, -0.2) is 14.5 Å². The van der Waals surface area contributed by atoms with Gasteiger partial charge in [0.1, 0.15) is 11.7 Å². The van der Waals surface area contributed by atoms with Gasteiger partial charge in [0.2, 0.25) is 0 Å². The van der Waals surface area contributed by atoms with Crippen molar-refractivity contribution in [2.24, 2.45) is 0 Å². The fourth-order valence-electron chi connectivity index (χ4n) is 4.55. The van der Waals surface area contributed by atoms with Crippen molar-refractivity contribution in [1.82, 2.24) is 34.1 Å². The van der Waals surface area contributed by atoms with Crippen molar-refractivity contribution >= 4 is 17.1 Å². The first-order valence-electron chi connectivity index (χ1n) is 11.9. The van der Waals surface area contributed by atoms with Gasteiger partial charge in [0.25, 0.3) is 5.56 Å². The fourth-order valence-corrected chi connectivity index (χ4v) is 4.55. The van der Waals surface area contributed by atoms with Crippen molar-refractivity contribution in [2.75, 3.05) is 27.2 Å². The highest BCUT2D eigenvalue weighted by Crippen LogP contribution is 2.25. The summed E-state index contributed by atoms with van der Waals surface area (Å²) >= 11 is 0. The Morgan fingerprint density at radius 2 is 1.95 bits per heavy atom. The summed E-state index contributed by atoms with van der Waals surface area (Å²) in [5.41, 5.74) is 1.71. The van der Waals surface area contributed by atoms with Gasteiger partial charge in [0.15, 0.2) is 5.65 Å². The number of benzene rings is 1. The van der Waals surface area contributed by atoms with E-state index in [1.807, 2.05) is 24.3 Å². The number of likely N-dealkylation sites (tertiary alicyclic amines) is 1. The molecular formula is C26H26N8O3. The molecule has 1 fully saturated rings. The molecule has 5 rings (SSSR count). The minimum absolute atomic E-state index is 0.0853. The first-order chi connectivity index (χ1) is 17.8. The van der Waals surface area contributed by atoms with E-state index in [0.29, 0.717) is 53.9 Å². The van der Waals surface area contributed by atoms with E-state index >= 15 is 0 Å². The van der Waals surface area contributed by atoms with Crippen molar-refractivity contribution in [2.45, 2.75) is 25.0 Å². The van der Waals surface area contributed by atoms with Crippen molar-refractivity contribution in [3.63, 3.8) is 0 Å². The van der Waals surface area contributed by atoms with Crippen molar-refractivity contribution in [1.29, 1.82) is 5.26 Å². The number of fused-ring (bicyclic) bond motifs is 1. The Kier molecular flexibility index (Phi) is 6.19. The molecule has 1 aromatic carbocycles. The lowest BCUT2D eigenvalue weighted by atomic mass is 9.91. The Morgan fingerprint density at radius 3 is 2.62 bits per heavy atom. The Balaban J connectivity index is 1.36. The Morgan fingerprint density at radius 1 is 1.16 bits per heavy atom. The highest BCUT2D eigenvalue weighted by molar-refractivity contribution is 5.75. The number of rotatable bonds is 4. The predicted molar refractivity (Wildman–Crippen MR) is 136 cm³/mol. The number of hydrogen-bond acceptors (Lipinski definition) is 7. The molecular weight excluding hydrogens is 472 g/mol. The zero-order valence-electron chi connectivity index (χ0n) is 20.6. The van der Waals surface area contributed by atoms with E-state index in [9.17, 15) is 14.7 Å². The Hall–Kier alpha value is -4.56. The number of nitriles is 1. The fraction of sp³-hybridized carbons (Fsp3) is 0.308. The molecule has 0 atom stereocenters. The molecule has 0 saturated carbocycles. The van der Waals surface area contributed by atoms with E-state index in [0.717, 1.165) is 5.56 Å². The molecule has 1 aliphatic heterocycles. The monoisotopic (exact) mass is 498 g/mol.